The molecule has 172 valence electrons. The summed E-state index contributed by atoms with van der Waals surface area (Å²) in [6.07, 6.45) is 4.03. The minimum absolute atomic E-state index is 0.309. The third-order valence-electron chi connectivity index (χ3n) is 5.97. The van der Waals surface area contributed by atoms with Crippen molar-refractivity contribution in [2.45, 2.75) is 37.5 Å². The van der Waals surface area contributed by atoms with E-state index in [1.54, 1.807) is 23.5 Å². The number of carbonyl (C=O) groups is 1. The molecule has 7 nitrogen and oxygen atoms in total. The number of carbonyl (C=O) groups excluding carboxylic acids is 1. The number of aryl methyl sites for hydroxylation is 2. The van der Waals surface area contributed by atoms with Gasteiger partial charge in [-0.3, -0.25) is 0 Å². The van der Waals surface area contributed by atoms with Crippen LogP contribution in [0.4, 0.5) is 5.00 Å². The number of anilines is 1. The number of esters is 1. The van der Waals surface area contributed by atoms with Gasteiger partial charge < -0.3 is 15.0 Å². The number of nitrogens with zero attached hydrogens (tertiary/aromatic N) is 2. The Morgan fingerprint density at radius 1 is 1.09 bits per heavy atom. The standard InChI is InChI=1S/C22H27N3O4S3/c1-15-7-9-16(10-8-15)32(27,28)25-13-11-24(12-14-25)22(30)23-20-19(21(26)29-2)17-5-3-4-6-18(17)31-20/h7-10H,3-6,11-14H2,1-2H3,(H,23,30). The van der Waals surface area contributed by atoms with Crippen molar-refractivity contribution in [3.05, 3.63) is 45.8 Å². The highest BCUT2D eigenvalue weighted by atomic mass is 32.2. The van der Waals surface area contributed by atoms with Crippen molar-refractivity contribution < 1.29 is 17.9 Å². The van der Waals surface area contributed by atoms with E-state index in [-0.39, 0.29) is 5.97 Å². The zero-order chi connectivity index (χ0) is 22.9. The summed E-state index contributed by atoms with van der Waals surface area (Å²) < 4.78 is 32.4. The van der Waals surface area contributed by atoms with Crippen LogP contribution in [-0.2, 0) is 27.6 Å². The van der Waals surface area contributed by atoms with Crippen molar-refractivity contribution in [1.82, 2.24) is 9.21 Å². The van der Waals surface area contributed by atoms with E-state index in [0.29, 0.717) is 41.8 Å². The number of hydrogen-bond donors (Lipinski definition) is 1. The molecule has 2 aromatic rings. The highest BCUT2D eigenvalue weighted by Gasteiger charge is 2.31. The predicted octanol–water partition coefficient (Wildman–Crippen LogP) is 3.43. The van der Waals surface area contributed by atoms with Crippen LogP contribution in [0.2, 0.25) is 0 Å². The predicted molar refractivity (Wildman–Crippen MR) is 130 cm³/mol. The van der Waals surface area contributed by atoms with Gasteiger partial charge in [-0.2, -0.15) is 4.31 Å². The van der Waals surface area contributed by atoms with E-state index in [1.807, 2.05) is 24.0 Å². The summed E-state index contributed by atoms with van der Waals surface area (Å²) in [5.41, 5.74) is 2.69. The lowest BCUT2D eigenvalue weighted by molar-refractivity contribution is 0.0601. The van der Waals surface area contributed by atoms with Gasteiger partial charge in [0, 0.05) is 31.1 Å². The fraction of sp³-hybridized carbons (Fsp3) is 0.455. The Morgan fingerprint density at radius 3 is 2.41 bits per heavy atom. The van der Waals surface area contributed by atoms with Gasteiger partial charge in [0.05, 0.1) is 17.6 Å². The first-order valence-electron chi connectivity index (χ1n) is 10.7. The molecular formula is C22H27N3O4S3. The van der Waals surface area contributed by atoms with Gasteiger partial charge >= 0.3 is 5.97 Å². The van der Waals surface area contributed by atoms with Crippen molar-refractivity contribution >= 4 is 49.7 Å². The molecular weight excluding hydrogens is 466 g/mol. The molecule has 2 aliphatic rings. The van der Waals surface area contributed by atoms with E-state index in [9.17, 15) is 13.2 Å². The highest BCUT2D eigenvalue weighted by Crippen LogP contribution is 2.38. The molecule has 1 aliphatic heterocycles. The van der Waals surface area contributed by atoms with Crippen molar-refractivity contribution in [2.75, 3.05) is 38.6 Å². The Labute approximate surface area is 198 Å². The van der Waals surface area contributed by atoms with Crippen LogP contribution >= 0.6 is 23.6 Å². The van der Waals surface area contributed by atoms with E-state index >= 15 is 0 Å². The molecule has 0 radical (unpaired) electrons. The average molecular weight is 494 g/mol. The van der Waals surface area contributed by atoms with Crippen LogP contribution in [0.15, 0.2) is 29.2 Å². The normalized spacial score (nSPS) is 17.0. The molecule has 1 N–H and O–H groups in total. The molecule has 1 aliphatic carbocycles. The Bertz CT molecular complexity index is 1120. The van der Waals surface area contributed by atoms with Crippen LogP contribution in [0.1, 0.15) is 39.2 Å². The molecule has 1 saturated heterocycles. The highest BCUT2D eigenvalue weighted by molar-refractivity contribution is 7.89. The summed E-state index contributed by atoms with van der Waals surface area (Å²) in [7, 11) is -2.13. The zero-order valence-corrected chi connectivity index (χ0v) is 20.7. The van der Waals surface area contributed by atoms with Gasteiger partial charge in [0.2, 0.25) is 10.0 Å². The summed E-state index contributed by atoms with van der Waals surface area (Å²) in [5, 5.41) is 4.48. The fourth-order valence-electron chi connectivity index (χ4n) is 4.14. The van der Waals surface area contributed by atoms with Crippen LogP contribution in [0, 0.1) is 6.92 Å². The summed E-state index contributed by atoms with van der Waals surface area (Å²) >= 11 is 7.19. The second-order valence-corrected chi connectivity index (χ2v) is 11.5. The molecule has 0 bridgehead atoms. The van der Waals surface area contributed by atoms with Crippen LogP contribution in [0.3, 0.4) is 0 Å². The number of rotatable bonds is 4. The van der Waals surface area contributed by atoms with Crippen LogP contribution in [-0.4, -0.2) is 62.0 Å². The Hall–Kier alpha value is -2.01. The molecule has 2 heterocycles. The number of piperazine rings is 1. The SMILES string of the molecule is COC(=O)c1c(NC(=S)N2CCN(S(=O)(=O)c3ccc(C)cc3)CC2)sc2c1CCCC2. The lowest BCUT2D eigenvalue weighted by Gasteiger charge is -2.35. The molecule has 0 spiro atoms. The van der Waals surface area contributed by atoms with E-state index in [1.165, 1.54) is 16.3 Å². The number of fused-ring (bicyclic) bond motifs is 1. The van der Waals surface area contributed by atoms with Gasteiger partial charge in [-0.1, -0.05) is 17.7 Å². The van der Waals surface area contributed by atoms with E-state index in [0.717, 1.165) is 41.8 Å². The molecule has 0 unspecified atom stereocenters. The number of benzene rings is 1. The minimum atomic E-state index is -3.53. The number of thiocarbonyl (C=S) groups is 1. The maximum absolute atomic E-state index is 12.9. The van der Waals surface area contributed by atoms with Gasteiger partial charge in [0.1, 0.15) is 5.00 Å². The first kappa shape index (κ1) is 23.2. The largest absolute Gasteiger partial charge is 0.465 e. The number of ether oxygens (including phenoxy) is 1. The second kappa shape index (κ2) is 9.46. The Morgan fingerprint density at radius 2 is 1.75 bits per heavy atom. The van der Waals surface area contributed by atoms with Gasteiger partial charge in [0.15, 0.2) is 5.11 Å². The minimum Gasteiger partial charge on any atom is -0.465 e. The second-order valence-electron chi connectivity index (χ2n) is 8.04. The third-order valence-corrected chi connectivity index (χ3v) is 9.45. The smallest absolute Gasteiger partial charge is 0.341 e. The number of thiophene rings is 1. The summed E-state index contributed by atoms with van der Waals surface area (Å²) in [6.45, 7) is 3.59. The van der Waals surface area contributed by atoms with Gasteiger partial charge in [0.25, 0.3) is 0 Å². The Balaban J connectivity index is 1.44. The fourth-order valence-corrected chi connectivity index (χ4v) is 7.19. The molecule has 1 aromatic carbocycles. The van der Waals surface area contributed by atoms with E-state index < -0.39 is 10.0 Å². The van der Waals surface area contributed by atoms with Crippen LogP contribution in [0.25, 0.3) is 0 Å². The van der Waals surface area contributed by atoms with E-state index in [2.05, 4.69) is 5.32 Å². The number of nitrogens with one attached hydrogen (secondary N) is 1. The van der Waals surface area contributed by atoms with Crippen molar-refractivity contribution in [3.63, 3.8) is 0 Å². The molecule has 0 atom stereocenters. The van der Waals surface area contributed by atoms with Crippen molar-refractivity contribution in [1.29, 1.82) is 0 Å². The van der Waals surface area contributed by atoms with E-state index in [4.69, 9.17) is 17.0 Å². The molecule has 32 heavy (non-hydrogen) atoms. The van der Waals surface area contributed by atoms with Gasteiger partial charge in [-0.25, -0.2) is 13.2 Å². The molecule has 0 saturated carbocycles. The number of sulfonamides is 1. The first-order chi connectivity index (χ1) is 15.3. The molecule has 0 amide bonds. The van der Waals surface area contributed by atoms with Crippen LogP contribution in [0.5, 0.6) is 0 Å². The van der Waals surface area contributed by atoms with Crippen LogP contribution < -0.4 is 5.32 Å². The van der Waals surface area contributed by atoms with Crippen molar-refractivity contribution in [3.8, 4) is 0 Å². The van der Waals surface area contributed by atoms with Gasteiger partial charge in [-0.15, -0.1) is 11.3 Å². The van der Waals surface area contributed by atoms with Gasteiger partial charge in [-0.05, 0) is 62.5 Å². The maximum atomic E-state index is 12.9. The number of methoxy groups -OCH3 is 1. The molecule has 1 aromatic heterocycles. The lowest BCUT2D eigenvalue weighted by Crippen LogP contribution is -2.51. The summed E-state index contributed by atoms with van der Waals surface area (Å²) in [5.74, 6) is -0.344. The first-order valence-corrected chi connectivity index (χ1v) is 13.3. The molecule has 10 heteroatoms. The third kappa shape index (κ3) is 4.54. The quantitative estimate of drug-likeness (QED) is 0.516. The molecule has 4 rings (SSSR count). The zero-order valence-electron chi connectivity index (χ0n) is 18.2. The summed E-state index contributed by atoms with van der Waals surface area (Å²) in [4.78, 5) is 15.9. The number of hydrogen-bond acceptors (Lipinski definition) is 6. The lowest BCUT2D eigenvalue weighted by atomic mass is 9.95. The summed E-state index contributed by atoms with van der Waals surface area (Å²) in [6, 6.07) is 6.91. The van der Waals surface area contributed by atoms with Crippen molar-refractivity contribution in [2.24, 2.45) is 0 Å². The average Bonchev–Trinajstić information content (AvgIpc) is 3.16. The maximum Gasteiger partial charge on any atom is 0.341 e. The monoisotopic (exact) mass is 493 g/mol. The topological polar surface area (TPSA) is 79.0 Å². The molecule has 1 fully saturated rings. The Kier molecular flexibility index (Phi) is 6.85.